The van der Waals surface area contributed by atoms with Crippen LogP contribution in [0.2, 0.25) is 0 Å². The fraction of sp³-hybridized carbons (Fsp3) is 0.583. The highest BCUT2D eigenvalue weighted by Gasteiger charge is 2.22. The second kappa shape index (κ2) is 6.96. The van der Waals surface area contributed by atoms with Crippen LogP contribution in [-0.4, -0.2) is 40.8 Å². The van der Waals surface area contributed by atoms with Gasteiger partial charge >= 0.3 is 0 Å². The number of unbranched alkanes of at least 4 members (excludes halogenated alkanes) is 1. The summed E-state index contributed by atoms with van der Waals surface area (Å²) in [5.41, 5.74) is 0. The summed E-state index contributed by atoms with van der Waals surface area (Å²) in [4.78, 5) is 34.9. The molecular formula is C12H17NO4. The van der Waals surface area contributed by atoms with Crippen LogP contribution in [0.25, 0.3) is 0 Å². The summed E-state index contributed by atoms with van der Waals surface area (Å²) in [6, 6.07) is 0. The first-order valence-electron chi connectivity index (χ1n) is 5.81. The lowest BCUT2D eigenvalue weighted by atomic mass is 10.1. The maximum atomic E-state index is 11.4. The van der Waals surface area contributed by atoms with Crippen LogP contribution in [0, 0.1) is 0 Å². The van der Waals surface area contributed by atoms with Crippen molar-refractivity contribution in [2.24, 2.45) is 0 Å². The van der Waals surface area contributed by atoms with Crippen LogP contribution in [0.15, 0.2) is 12.2 Å². The van der Waals surface area contributed by atoms with Crippen LogP contribution in [0.3, 0.4) is 0 Å². The van der Waals surface area contributed by atoms with Crippen molar-refractivity contribution in [2.45, 2.75) is 32.1 Å². The molecule has 0 fully saturated rings. The van der Waals surface area contributed by atoms with Crippen molar-refractivity contribution in [1.29, 1.82) is 0 Å². The van der Waals surface area contributed by atoms with Crippen LogP contribution >= 0.6 is 0 Å². The Kier molecular flexibility index (Phi) is 5.56. The number of aliphatic hydroxyl groups is 1. The zero-order valence-corrected chi connectivity index (χ0v) is 9.72. The second-order valence-corrected chi connectivity index (χ2v) is 3.98. The smallest absolute Gasteiger partial charge is 0.253 e. The van der Waals surface area contributed by atoms with Gasteiger partial charge in [-0.2, -0.15) is 0 Å². The third kappa shape index (κ3) is 4.48. The number of rotatable bonds is 8. The van der Waals surface area contributed by atoms with Crippen molar-refractivity contribution in [3.05, 3.63) is 12.2 Å². The molecule has 0 aromatic rings. The molecule has 0 atom stereocenters. The fourth-order valence-corrected chi connectivity index (χ4v) is 1.64. The van der Waals surface area contributed by atoms with Gasteiger partial charge in [0.1, 0.15) is 5.78 Å². The first-order valence-corrected chi connectivity index (χ1v) is 5.81. The molecule has 5 heteroatoms. The van der Waals surface area contributed by atoms with Crippen molar-refractivity contribution >= 4 is 17.6 Å². The van der Waals surface area contributed by atoms with Crippen molar-refractivity contribution in [3.8, 4) is 0 Å². The van der Waals surface area contributed by atoms with Crippen LogP contribution in [0.1, 0.15) is 32.1 Å². The zero-order valence-electron chi connectivity index (χ0n) is 9.72. The lowest BCUT2D eigenvalue weighted by molar-refractivity contribution is -0.137. The minimum Gasteiger partial charge on any atom is -0.396 e. The molecule has 0 saturated heterocycles. The number of carbonyl (C=O) groups is 3. The number of imide groups is 1. The van der Waals surface area contributed by atoms with E-state index in [4.69, 9.17) is 5.11 Å². The third-order valence-electron chi connectivity index (χ3n) is 2.60. The fourth-order valence-electron chi connectivity index (χ4n) is 1.64. The van der Waals surface area contributed by atoms with E-state index in [1.54, 1.807) is 0 Å². The summed E-state index contributed by atoms with van der Waals surface area (Å²) in [6.07, 6.45) is 5.16. The number of nitrogens with zero attached hydrogens (tertiary/aromatic N) is 1. The normalized spacial score (nSPS) is 14.8. The predicted molar refractivity (Wildman–Crippen MR) is 61.0 cm³/mol. The van der Waals surface area contributed by atoms with Crippen LogP contribution < -0.4 is 0 Å². The molecule has 94 valence electrons. The van der Waals surface area contributed by atoms with Gasteiger partial charge in [0.05, 0.1) is 0 Å². The molecule has 1 N–H and O–H groups in total. The van der Waals surface area contributed by atoms with E-state index >= 15 is 0 Å². The molecule has 0 aliphatic carbocycles. The van der Waals surface area contributed by atoms with Gasteiger partial charge in [0.2, 0.25) is 0 Å². The van der Waals surface area contributed by atoms with Crippen molar-refractivity contribution in [2.75, 3.05) is 13.2 Å². The Hall–Kier alpha value is -1.49. The Morgan fingerprint density at radius 2 is 1.65 bits per heavy atom. The largest absolute Gasteiger partial charge is 0.396 e. The number of amides is 2. The van der Waals surface area contributed by atoms with E-state index in [9.17, 15) is 14.4 Å². The quantitative estimate of drug-likeness (QED) is 0.492. The Balaban J connectivity index is 2.13. The number of hydrogen-bond donors (Lipinski definition) is 1. The van der Waals surface area contributed by atoms with Gasteiger partial charge in [-0.1, -0.05) is 0 Å². The van der Waals surface area contributed by atoms with Gasteiger partial charge in [0, 0.05) is 38.1 Å². The SMILES string of the molecule is O=C(CCCCO)CCCN1C(=O)C=CC1=O. The number of hydrogen-bond acceptors (Lipinski definition) is 4. The van der Waals surface area contributed by atoms with E-state index in [1.165, 1.54) is 12.2 Å². The topological polar surface area (TPSA) is 74.7 Å². The monoisotopic (exact) mass is 239 g/mol. The molecular weight excluding hydrogens is 222 g/mol. The van der Waals surface area contributed by atoms with Gasteiger partial charge < -0.3 is 5.11 Å². The first kappa shape index (κ1) is 13.6. The number of Topliss-reactive ketones (excluding diaryl/α,β-unsaturated/α-hetero) is 1. The standard InChI is InChI=1S/C12H17NO4/c14-9-2-1-4-10(15)5-3-8-13-11(16)6-7-12(13)17/h6-7,14H,1-5,8-9H2. The number of carbonyl (C=O) groups excluding carboxylic acids is 3. The van der Waals surface area contributed by atoms with Gasteiger partial charge in [0.25, 0.3) is 11.8 Å². The molecule has 0 saturated carbocycles. The molecule has 0 aromatic heterocycles. The van der Waals surface area contributed by atoms with Crippen molar-refractivity contribution in [3.63, 3.8) is 0 Å². The molecule has 0 unspecified atom stereocenters. The lowest BCUT2D eigenvalue weighted by Gasteiger charge is -2.12. The van der Waals surface area contributed by atoms with Gasteiger partial charge in [-0.15, -0.1) is 0 Å². The van der Waals surface area contributed by atoms with Crippen molar-refractivity contribution < 1.29 is 19.5 Å². The van der Waals surface area contributed by atoms with Crippen LogP contribution in [0.4, 0.5) is 0 Å². The van der Waals surface area contributed by atoms with Crippen molar-refractivity contribution in [1.82, 2.24) is 4.90 Å². The van der Waals surface area contributed by atoms with E-state index in [1.807, 2.05) is 0 Å². The van der Waals surface area contributed by atoms with Crippen LogP contribution in [0.5, 0.6) is 0 Å². The summed E-state index contributed by atoms with van der Waals surface area (Å²) < 4.78 is 0. The first-order chi connectivity index (χ1) is 8.15. The molecule has 0 radical (unpaired) electrons. The van der Waals surface area contributed by atoms with Crippen LogP contribution in [-0.2, 0) is 14.4 Å². The number of ketones is 1. The average Bonchev–Trinajstić information content (AvgIpc) is 2.61. The average molecular weight is 239 g/mol. The summed E-state index contributed by atoms with van der Waals surface area (Å²) in [6.45, 7) is 0.409. The molecule has 0 spiro atoms. The summed E-state index contributed by atoms with van der Waals surface area (Å²) in [7, 11) is 0. The van der Waals surface area contributed by atoms with Gasteiger partial charge in [-0.3, -0.25) is 19.3 Å². The molecule has 1 aliphatic rings. The zero-order chi connectivity index (χ0) is 12.7. The second-order valence-electron chi connectivity index (χ2n) is 3.98. The molecule has 2 amide bonds. The minimum atomic E-state index is -0.303. The van der Waals surface area contributed by atoms with E-state index in [-0.39, 0.29) is 24.2 Å². The molecule has 1 heterocycles. The summed E-state index contributed by atoms with van der Waals surface area (Å²) in [5.74, 6) is -0.490. The summed E-state index contributed by atoms with van der Waals surface area (Å²) >= 11 is 0. The maximum absolute atomic E-state index is 11.4. The van der Waals surface area contributed by atoms with Gasteiger partial charge in [-0.25, -0.2) is 0 Å². The van der Waals surface area contributed by atoms with Gasteiger partial charge in [-0.05, 0) is 19.3 Å². The van der Waals surface area contributed by atoms with E-state index in [0.717, 1.165) is 4.90 Å². The Morgan fingerprint density at radius 1 is 1.06 bits per heavy atom. The third-order valence-corrected chi connectivity index (χ3v) is 2.60. The molecule has 17 heavy (non-hydrogen) atoms. The van der Waals surface area contributed by atoms with E-state index in [2.05, 4.69) is 0 Å². The highest BCUT2D eigenvalue weighted by atomic mass is 16.3. The Morgan fingerprint density at radius 3 is 2.24 bits per heavy atom. The lowest BCUT2D eigenvalue weighted by Crippen LogP contribution is -2.31. The van der Waals surface area contributed by atoms with E-state index < -0.39 is 0 Å². The molecule has 5 nitrogen and oxygen atoms in total. The molecule has 1 aliphatic heterocycles. The maximum Gasteiger partial charge on any atom is 0.253 e. The molecule has 0 bridgehead atoms. The predicted octanol–water partition coefficient (Wildman–Crippen LogP) is 0.423. The highest BCUT2D eigenvalue weighted by Crippen LogP contribution is 2.07. The Bertz CT molecular complexity index is 317. The minimum absolute atomic E-state index is 0.107. The summed E-state index contributed by atoms with van der Waals surface area (Å²) in [5, 5.41) is 8.56. The molecule has 1 rings (SSSR count). The van der Waals surface area contributed by atoms with E-state index in [0.29, 0.717) is 38.6 Å². The molecule has 0 aromatic carbocycles. The Labute approximate surface area is 100 Å². The number of aliphatic hydroxyl groups excluding tert-OH is 1. The van der Waals surface area contributed by atoms with Gasteiger partial charge in [0.15, 0.2) is 0 Å². The highest BCUT2D eigenvalue weighted by molar-refractivity contribution is 6.12.